The third-order valence-electron chi connectivity index (χ3n) is 4.43. The van der Waals surface area contributed by atoms with Crippen LogP contribution in [0.15, 0.2) is 36.5 Å². The Balaban J connectivity index is 1.61. The third kappa shape index (κ3) is 4.25. The maximum Gasteiger partial charge on any atom is 0.433 e. The Labute approximate surface area is 193 Å². The van der Waals surface area contributed by atoms with Crippen LogP contribution in [-0.2, 0) is 12.7 Å². The number of nitrogens with zero attached hydrogens (tertiary/aromatic N) is 5. The highest BCUT2D eigenvalue weighted by Crippen LogP contribution is 2.32. The molecule has 0 radical (unpaired) electrons. The van der Waals surface area contributed by atoms with Crippen molar-refractivity contribution < 1.29 is 18.0 Å². The lowest BCUT2D eigenvalue weighted by Gasteiger charge is -2.09. The Morgan fingerprint density at radius 2 is 1.81 bits per heavy atom. The molecule has 0 spiro atoms. The number of aryl methyl sites for hydroxylation is 1. The lowest BCUT2D eigenvalue weighted by atomic mass is 10.2. The van der Waals surface area contributed by atoms with E-state index in [2.05, 4.69) is 20.5 Å². The van der Waals surface area contributed by atoms with E-state index in [1.54, 1.807) is 24.4 Å². The summed E-state index contributed by atoms with van der Waals surface area (Å²) in [5, 5.41) is 11.0. The summed E-state index contributed by atoms with van der Waals surface area (Å²) < 4.78 is 42.1. The molecule has 0 aliphatic carbocycles. The highest BCUT2D eigenvalue weighted by atomic mass is 35.5. The van der Waals surface area contributed by atoms with Crippen molar-refractivity contribution in [2.24, 2.45) is 0 Å². The van der Waals surface area contributed by atoms with Crippen molar-refractivity contribution in [3.63, 3.8) is 0 Å². The quantitative estimate of drug-likeness (QED) is 0.398. The molecule has 3 heterocycles. The molecule has 1 amide bonds. The van der Waals surface area contributed by atoms with E-state index in [9.17, 15) is 18.0 Å². The molecule has 3 aromatic heterocycles. The van der Waals surface area contributed by atoms with Crippen molar-refractivity contribution in [2.45, 2.75) is 19.6 Å². The summed E-state index contributed by atoms with van der Waals surface area (Å²) in [4.78, 5) is 16.6. The fourth-order valence-corrected chi connectivity index (χ4v) is 3.76. The zero-order valence-electron chi connectivity index (χ0n) is 16.1. The van der Waals surface area contributed by atoms with E-state index in [0.29, 0.717) is 20.1 Å². The van der Waals surface area contributed by atoms with E-state index in [0.717, 1.165) is 6.07 Å². The van der Waals surface area contributed by atoms with Gasteiger partial charge in [-0.2, -0.15) is 23.4 Å². The number of aromatic nitrogens is 5. The summed E-state index contributed by atoms with van der Waals surface area (Å²) in [6.45, 7) is 1.62. The predicted molar refractivity (Wildman–Crippen MR) is 113 cm³/mol. The second-order valence-electron chi connectivity index (χ2n) is 6.73. The second-order valence-corrected chi connectivity index (χ2v) is 7.92. The lowest BCUT2D eigenvalue weighted by molar-refractivity contribution is -0.142. The Morgan fingerprint density at radius 1 is 1.12 bits per heavy atom. The van der Waals surface area contributed by atoms with Crippen molar-refractivity contribution >= 4 is 52.2 Å². The Morgan fingerprint density at radius 3 is 2.47 bits per heavy atom. The van der Waals surface area contributed by atoms with Gasteiger partial charge in [0.05, 0.1) is 6.54 Å². The molecule has 0 saturated heterocycles. The molecule has 0 fully saturated rings. The number of halogens is 6. The first-order valence-corrected chi connectivity index (χ1v) is 10.1. The number of rotatable bonds is 4. The predicted octanol–water partition coefficient (Wildman–Crippen LogP) is 5.51. The number of carbonyl (C=O) groups excluding carboxylic acids is 1. The van der Waals surface area contributed by atoms with E-state index < -0.39 is 23.5 Å². The summed E-state index contributed by atoms with van der Waals surface area (Å²) in [6, 6.07) is 7.40. The minimum Gasteiger partial charge on any atom is -0.304 e. The summed E-state index contributed by atoms with van der Waals surface area (Å²) in [5.41, 5.74) is -1.07. The number of hydrogen-bond donors (Lipinski definition) is 1. The first-order chi connectivity index (χ1) is 15.0. The van der Waals surface area contributed by atoms with Crippen LogP contribution in [0.4, 0.5) is 19.0 Å². The molecule has 0 unspecified atom stereocenters. The molecular formula is C19H12Cl3F3N6O. The molecule has 0 atom stereocenters. The van der Waals surface area contributed by atoms with Crippen molar-refractivity contribution in [2.75, 3.05) is 5.32 Å². The highest BCUT2D eigenvalue weighted by Gasteiger charge is 2.36. The average Bonchev–Trinajstić information content (AvgIpc) is 3.28. The molecule has 32 heavy (non-hydrogen) atoms. The van der Waals surface area contributed by atoms with Crippen LogP contribution >= 0.6 is 34.8 Å². The molecule has 1 N–H and O–H groups in total. The van der Waals surface area contributed by atoms with E-state index in [1.807, 2.05) is 0 Å². The van der Waals surface area contributed by atoms with Crippen molar-refractivity contribution in [1.29, 1.82) is 0 Å². The Bertz CT molecular complexity index is 1330. The molecule has 0 saturated carbocycles. The first-order valence-electron chi connectivity index (χ1n) is 8.95. The smallest absolute Gasteiger partial charge is 0.304 e. The Kier molecular flexibility index (Phi) is 5.78. The van der Waals surface area contributed by atoms with E-state index in [4.69, 9.17) is 34.8 Å². The topological polar surface area (TPSA) is 77.1 Å². The molecule has 1 aromatic carbocycles. The second kappa shape index (κ2) is 8.27. The van der Waals surface area contributed by atoms with Gasteiger partial charge in [-0.05, 0) is 25.1 Å². The largest absolute Gasteiger partial charge is 0.433 e. The first kappa shape index (κ1) is 22.4. The van der Waals surface area contributed by atoms with Gasteiger partial charge in [-0.1, -0.05) is 40.9 Å². The number of fused-ring (bicyclic) bond motifs is 1. The van der Waals surface area contributed by atoms with Gasteiger partial charge in [0.15, 0.2) is 17.2 Å². The van der Waals surface area contributed by atoms with Gasteiger partial charge in [-0.3, -0.25) is 9.48 Å². The number of hydrogen-bond acceptors (Lipinski definition) is 4. The lowest BCUT2D eigenvalue weighted by Crippen LogP contribution is -2.16. The summed E-state index contributed by atoms with van der Waals surface area (Å²) in [7, 11) is 0. The minimum atomic E-state index is -4.71. The third-order valence-corrected chi connectivity index (χ3v) is 5.49. The fraction of sp³-hybridized carbons (Fsp3) is 0.158. The molecule has 4 rings (SSSR count). The fourth-order valence-electron chi connectivity index (χ4n) is 3.00. The zero-order valence-corrected chi connectivity index (χ0v) is 18.4. The molecule has 0 aliphatic heterocycles. The van der Waals surface area contributed by atoms with Crippen LogP contribution in [0, 0.1) is 6.92 Å². The molecule has 0 bridgehead atoms. The van der Waals surface area contributed by atoms with Crippen LogP contribution in [0.25, 0.3) is 5.65 Å². The number of alkyl halides is 3. The van der Waals surface area contributed by atoms with Gasteiger partial charge in [-0.25, -0.2) is 9.50 Å². The molecule has 7 nitrogen and oxygen atoms in total. The highest BCUT2D eigenvalue weighted by molar-refractivity contribution is 6.37. The standard InChI is InChI=1S/C19H12Cl3F3N6O/c1-9-7-13(19(23,24)25)31-17(26-9)15(22)16(29-31)18(32)27-14-5-6-30(28-14)8-10-11(20)3-2-4-12(10)21/h2-7H,8H2,1H3,(H,27,28,32). The zero-order chi connectivity index (χ0) is 23.2. The van der Waals surface area contributed by atoms with Crippen molar-refractivity contribution in [3.8, 4) is 0 Å². The summed E-state index contributed by atoms with van der Waals surface area (Å²) in [5.74, 6) is -0.709. The van der Waals surface area contributed by atoms with E-state index in [-0.39, 0.29) is 28.7 Å². The minimum absolute atomic E-state index is 0.0792. The normalized spacial score (nSPS) is 11.8. The summed E-state index contributed by atoms with van der Waals surface area (Å²) in [6.07, 6.45) is -3.14. The number of nitrogens with one attached hydrogen (secondary N) is 1. The maximum atomic E-state index is 13.4. The van der Waals surface area contributed by atoms with E-state index >= 15 is 0 Å². The van der Waals surface area contributed by atoms with Crippen LogP contribution in [-0.4, -0.2) is 30.3 Å². The molecule has 0 aliphatic rings. The SMILES string of the molecule is Cc1cc(C(F)(F)F)n2nc(C(=O)Nc3ccn(Cc4c(Cl)cccc4Cl)n3)c(Cl)c2n1. The van der Waals surface area contributed by atoms with Crippen LogP contribution in [0.2, 0.25) is 15.1 Å². The summed E-state index contributed by atoms with van der Waals surface area (Å²) >= 11 is 18.4. The molecular weight excluding hydrogens is 492 g/mol. The molecule has 13 heteroatoms. The van der Waals surface area contributed by atoms with Crippen LogP contribution in [0.3, 0.4) is 0 Å². The van der Waals surface area contributed by atoms with Gasteiger partial charge in [0.2, 0.25) is 0 Å². The van der Waals surface area contributed by atoms with Gasteiger partial charge >= 0.3 is 6.18 Å². The van der Waals surface area contributed by atoms with Gasteiger partial charge in [-0.15, -0.1) is 0 Å². The van der Waals surface area contributed by atoms with Gasteiger partial charge in [0.1, 0.15) is 10.7 Å². The van der Waals surface area contributed by atoms with Crippen LogP contribution in [0.5, 0.6) is 0 Å². The van der Waals surface area contributed by atoms with Crippen LogP contribution < -0.4 is 5.32 Å². The van der Waals surface area contributed by atoms with Crippen molar-refractivity contribution in [3.05, 3.63) is 74.2 Å². The van der Waals surface area contributed by atoms with Crippen LogP contribution in [0.1, 0.15) is 27.4 Å². The van der Waals surface area contributed by atoms with Gasteiger partial charge in [0, 0.05) is 33.6 Å². The van der Waals surface area contributed by atoms with Gasteiger partial charge in [0.25, 0.3) is 5.91 Å². The van der Waals surface area contributed by atoms with Crippen molar-refractivity contribution in [1.82, 2.24) is 24.4 Å². The molecule has 4 aromatic rings. The number of benzene rings is 1. The monoisotopic (exact) mass is 502 g/mol. The number of amides is 1. The Hall–Kier alpha value is -2.82. The average molecular weight is 504 g/mol. The maximum absolute atomic E-state index is 13.4. The number of anilines is 1. The number of carbonyl (C=O) groups is 1. The van der Waals surface area contributed by atoms with E-state index in [1.165, 1.54) is 17.7 Å². The van der Waals surface area contributed by atoms with Gasteiger partial charge < -0.3 is 5.32 Å². The molecule has 166 valence electrons.